The number of phenolic OH excluding ortho intramolecular Hbond substituents is 2. The highest BCUT2D eigenvalue weighted by Crippen LogP contribution is 2.52. The summed E-state index contributed by atoms with van der Waals surface area (Å²) in [4.78, 5) is 64.7. The summed E-state index contributed by atoms with van der Waals surface area (Å²) in [5.74, 6) is -4.31. The molecule has 2 fully saturated rings. The second kappa shape index (κ2) is 17.4. The maximum atomic E-state index is 14.0. The van der Waals surface area contributed by atoms with Crippen molar-refractivity contribution in [3.8, 4) is 23.0 Å². The number of ether oxygens (including phenoxy) is 6. The zero-order chi connectivity index (χ0) is 45.8. The molecule has 2 saturated heterocycles. The van der Waals surface area contributed by atoms with Crippen LogP contribution in [0, 0.1) is 10.1 Å². The number of hydrogen-bond donors (Lipinski definition) is 9. The first-order valence-corrected chi connectivity index (χ1v) is 19.6. The molecule has 3 aromatic carbocycles. The van der Waals surface area contributed by atoms with Gasteiger partial charge in [-0.2, -0.15) is 0 Å². The van der Waals surface area contributed by atoms with Gasteiger partial charge in [0, 0.05) is 42.0 Å². The summed E-state index contributed by atoms with van der Waals surface area (Å²) in [6.45, 7) is 1.23. The van der Waals surface area contributed by atoms with Crippen LogP contribution in [0.15, 0.2) is 36.4 Å². The van der Waals surface area contributed by atoms with Crippen LogP contribution in [0.1, 0.15) is 81.3 Å². The van der Waals surface area contributed by atoms with E-state index in [1.807, 2.05) is 0 Å². The molecule has 0 aromatic heterocycles. The maximum absolute atomic E-state index is 14.0. The molecule has 0 spiro atoms. The van der Waals surface area contributed by atoms with Crippen LogP contribution in [0.3, 0.4) is 0 Å². The first kappa shape index (κ1) is 45.2. The van der Waals surface area contributed by atoms with Crippen LogP contribution in [0.4, 0.5) is 10.5 Å². The number of ketones is 3. The monoisotopic (exact) mass is 884 g/mol. The summed E-state index contributed by atoms with van der Waals surface area (Å²) in [5.41, 5.74) is -4.56. The molecule has 63 heavy (non-hydrogen) atoms. The zero-order valence-corrected chi connectivity index (χ0v) is 33.7. The number of rotatable bonds is 11. The van der Waals surface area contributed by atoms with Gasteiger partial charge in [0.05, 0.1) is 53.6 Å². The number of carbonyl (C=O) groups excluding carboxylic acids is 4. The Morgan fingerprint density at radius 1 is 0.952 bits per heavy atom. The largest absolute Gasteiger partial charge is 0.507 e. The number of aliphatic hydroxyl groups excluding tert-OH is 5. The molecule has 0 unspecified atom stereocenters. The molecular weight excluding hydrogens is 840 g/mol. The number of alkyl carbamates (subject to hydrolysis) is 1. The number of aliphatic hydroxyl groups is 6. The lowest BCUT2D eigenvalue weighted by molar-refractivity contribution is -0.387. The molecule has 4 aliphatic rings. The van der Waals surface area contributed by atoms with Crippen molar-refractivity contribution in [3.63, 3.8) is 0 Å². The molecule has 2 aliphatic heterocycles. The Morgan fingerprint density at radius 2 is 1.67 bits per heavy atom. The molecule has 22 nitrogen and oxygen atoms in total. The van der Waals surface area contributed by atoms with Gasteiger partial charge in [-0.3, -0.25) is 24.5 Å². The molecule has 3 aromatic rings. The normalized spacial score (nSPS) is 30.0. The van der Waals surface area contributed by atoms with Crippen LogP contribution >= 0.6 is 0 Å². The number of nitro benzene ring substituents is 1. The Bertz CT molecular complexity index is 2350. The minimum Gasteiger partial charge on any atom is -0.507 e. The molecule has 2 heterocycles. The molecule has 7 rings (SSSR count). The summed E-state index contributed by atoms with van der Waals surface area (Å²) in [6, 6.07) is 6.49. The minimum atomic E-state index is -2.20. The van der Waals surface area contributed by atoms with Crippen molar-refractivity contribution in [1.82, 2.24) is 5.32 Å². The van der Waals surface area contributed by atoms with Crippen molar-refractivity contribution >= 4 is 29.1 Å². The Kier molecular flexibility index (Phi) is 12.5. The fourth-order valence-electron chi connectivity index (χ4n) is 8.29. The van der Waals surface area contributed by atoms with Gasteiger partial charge in [-0.1, -0.05) is 18.2 Å². The number of nitrogens with one attached hydrogen (secondary N) is 1. The van der Waals surface area contributed by atoms with E-state index in [4.69, 9.17) is 28.4 Å². The number of amides is 1. The summed E-state index contributed by atoms with van der Waals surface area (Å²) in [6.07, 6.45) is -16.1. The number of phenols is 2. The Hall–Kier alpha value is -5.82. The SMILES string of the molecule is COc1cccc2c1C(=O)c1c(O)c3c(c(O)c1C2=O)C[C@](O)(C(C)=O)C[C@@H]3O[C@@H]1C[C@@H](NC(=O)OCc2ccc(O[C@H]3O[C@@H](CO)[C@@H](O)[C@@H](O)[C@@H]3O)c([N+](=O)[O-])c2)[C@@H](O)[C@@H](C)O1. The first-order chi connectivity index (χ1) is 29.8. The lowest BCUT2D eigenvalue weighted by Gasteiger charge is -2.42. The fourth-order valence-corrected chi connectivity index (χ4v) is 8.29. The van der Waals surface area contributed by atoms with E-state index in [0.717, 1.165) is 19.1 Å². The van der Waals surface area contributed by atoms with E-state index in [2.05, 4.69) is 5.32 Å². The molecule has 338 valence electrons. The van der Waals surface area contributed by atoms with Gasteiger partial charge in [-0.05, 0) is 31.5 Å². The van der Waals surface area contributed by atoms with Crippen molar-refractivity contribution in [2.75, 3.05) is 13.7 Å². The van der Waals surface area contributed by atoms with E-state index in [1.54, 1.807) is 0 Å². The lowest BCUT2D eigenvalue weighted by Crippen LogP contribution is -2.60. The Morgan fingerprint density at radius 3 is 2.33 bits per heavy atom. The third-order valence-electron chi connectivity index (χ3n) is 11.7. The number of carbonyl (C=O) groups is 4. The lowest BCUT2D eigenvalue weighted by atomic mass is 9.72. The zero-order valence-electron chi connectivity index (χ0n) is 33.7. The van der Waals surface area contributed by atoms with E-state index < -0.39 is 155 Å². The summed E-state index contributed by atoms with van der Waals surface area (Å²) < 4.78 is 33.4. The Labute approximate surface area is 356 Å². The molecule has 0 bridgehead atoms. The number of fused-ring (bicyclic) bond motifs is 3. The number of Topliss-reactive ketones (excluding diaryl/α,β-unsaturated/α-hetero) is 1. The number of methoxy groups -OCH3 is 1. The molecule has 9 N–H and O–H groups in total. The van der Waals surface area contributed by atoms with Gasteiger partial charge in [0.25, 0.3) is 0 Å². The number of aromatic hydroxyl groups is 2. The van der Waals surface area contributed by atoms with Crippen molar-refractivity contribution in [1.29, 1.82) is 0 Å². The van der Waals surface area contributed by atoms with Gasteiger partial charge >= 0.3 is 11.8 Å². The first-order valence-electron chi connectivity index (χ1n) is 19.6. The third kappa shape index (κ3) is 8.16. The molecule has 11 atom stereocenters. The van der Waals surface area contributed by atoms with Crippen LogP contribution in [0.5, 0.6) is 23.0 Å². The van der Waals surface area contributed by atoms with Crippen LogP contribution in [0.25, 0.3) is 0 Å². The Balaban J connectivity index is 1.08. The van der Waals surface area contributed by atoms with Crippen molar-refractivity contribution in [3.05, 3.63) is 85.5 Å². The average Bonchev–Trinajstić information content (AvgIpc) is 3.24. The predicted molar refractivity (Wildman–Crippen MR) is 207 cm³/mol. The number of nitrogens with zero attached hydrogens (tertiary/aromatic N) is 1. The highest BCUT2D eigenvalue weighted by atomic mass is 16.7. The molecule has 22 heteroatoms. The van der Waals surface area contributed by atoms with Crippen LogP contribution in [-0.2, 0) is 36.8 Å². The van der Waals surface area contributed by atoms with E-state index in [1.165, 1.54) is 38.3 Å². The number of hydrogen-bond acceptors (Lipinski definition) is 20. The minimum absolute atomic E-state index is 0.0334. The van der Waals surface area contributed by atoms with E-state index >= 15 is 0 Å². The van der Waals surface area contributed by atoms with Gasteiger partial charge in [0.1, 0.15) is 60.0 Å². The smallest absolute Gasteiger partial charge is 0.407 e. The number of benzene rings is 3. The molecule has 2 aliphatic carbocycles. The number of nitro groups is 1. The fraction of sp³-hybridized carbons (Fsp3) is 0.463. The quantitative estimate of drug-likeness (QED) is 0.0547. The molecule has 0 radical (unpaired) electrons. The summed E-state index contributed by atoms with van der Waals surface area (Å²) in [5, 5.41) is 100. The van der Waals surface area contributed by atoms with Crippen LogP contribution in [0.2, 0.25) is 0 Å². The maximum Gasteiger partial charge on any atom is 0.407 e. The molecular formula is C41H44N2O20. The molecule has 0 saturated carbocycles. The third-order valence-corrected chi connectivity index (χ3v) is 11.7. The van der Waals surface area contributed by atoms with Gasteiger partial charge < -0.3 is 74.6 Å². The van der Waals surface area contributed by atoms with E-state index in [9.17, 15) is 70.1 Å². The van der Waals surface area contributed by atoms with Crippen LogP contribution < -0.4 is 14.8 Å². The second-order valence-corrected chi connectivity index (χ2v) is 15.7. The topological polar surface area (TPSA) is 341 Å². The van der Waals surface area contributed by atoms with Gasteiger partial charge in [-0.25, -0.2) is 4.79 Å². The average molecular weight is 885 g/mol. The van der Waals surface area contributed by atoms with Gasteiger partial charge in [-0.15, -0.1) is 0 Å². The van der Waals surface area contributed by atoms with Crippen molar-refractivity contribution < 1.29 is 93.4 Å². The summed E-state index contributed by atoms with van der Waals surface area (Å²) in [7, 11) is 1.28. The highest BCUT2D eigenvalue weighted by molar-refractivity contribution is 6.31. The summed E-state index contributed by atoms with van der Waals surface area (Å²) >= 11 is 0. The predicted octanol–water partition coefficient (Wildman–Crippen LogP) is 0.0835. The van der Waals surface area contributed by atoms with Gasteiger partial charge in [0.15, 0.2) is 23.6 Å². The van der Waals surface area contributed by atoms with E-state index in [-0.39, 0.29) is 40.0 Å². The van der Waals surface area contributed by atoms with E-state index in [0.29, 0.717) is 0 Å². The highest BCUT2D eigenvalue weighted by Gasteiger charge is 2.50. The molecule has 1 amide bonds. The van der Waals surface area contributed by atoms with Gasteiger partial charge in [0.2, 0.25) is 12.1 Å². The van der Waals surface area contributed by atoms with Crippen molar-refractivity contribution in [2.45, 2.75) is 107 Å². The van der Waals surface area contributed by atoms with Crippen molar-refractivity contribution in [2.24, 2.45) is 0 Å². The second-order valence-electron chi connectivity index (χ2n) is 15.7. The van der Waals surface area contributed by atoms with Crippen LogP contribution in [-0.4, -0.2) is 144 Å². The standard InChI is InChI=1S/C41H44N2O20/c1-15-31(46)20(42-40(54)59-14-17-7-8-22(21(9-17)43(56)57)62-39-38(53)37(52)34(49)25(13-44)63-39)10-26(60-15)61-24-12-41(55,16(2)45)11-19-28(24)36(51)30-29(33(19)48)32(47)18-5-4-6-23(58-3)27(18)35(30)50/h4-9,15,20,24-26,31,34,37-39,44,46,48-49,51-53,55H,10-14H2,1-3H3,(H,42,54)/t15-,20-,24+,25+,26-,31+,34-,37-,38+,39+,41-/m1/s1.